The van der Waals surface area contributed by atoms with Gasteiger partial charge in [0.2, 0.25) is 0 Å². The molecule has 1 amide bonds. The number of aliphatic hydroxyl groups excluding tert-OH is 1. The minimum atomic E-state index is -0.547. The molecule has 114 valence electrons. The molecule has 1 aromatic carbocycles. The number of non-ortho nitro benzene ring substituents is 1. The number of hydrogen-bond acceptors (Lipinski definition) is 4. The third-order valence-corrected chi connectivity index (χ3v) is 4.07. The number of carbonyl (C=O) groups is 1. The van der Waals surface area contributed by atoms with Crippen molar-refractivity contribution in [3.05, 3.63) is 38.9 Å². The van der Waals surface area contributed by atoms with Crippen LogP contribution in [0.25, 0.3) is 0 Å². The largest absolute Gasteiger partial charge is 0.396 e. The number of piperidine rings is 1. The van der Waals surface area contributed by atoms with Gasteiger partial charge in [-0.1, -0.05) is 11.6 Å². The summed E-state index contributed by atoms with van der Waals surface area (Å²) in [7, 11) is 0. The zero-order valence-electron chi connectivity index (χ0n) is 11.5. The summed E-state index contributed by atoms with van der Waals surface area (Å²) in [6, 6.07) is 3.83. The fourth-order valence-electron chi connectivity index (χ4n) is 2.66. The number of amides is 1. The van der Waals surface area contributed by atoms with Gasteiger partial charge >= 0.3 is 0 Å². The topological polar surface area (TPSA) is 83.7 Å². The monoisotopic (exact) mass is 312 g/mol. The van der Waals surface area contributed by atoms with Crippen LogP contribution >= 0.6 is 11.6 Å². The molecule has 1 atom stereocenters. The van der Waals surface area contributed by atoms with Crippen molar-refractivity contribution in [2.75, 3.05) is 13.2 Å². The lowest BCUT2D eigenvalue weighted by Gasteiger charge is -2.35. The Kier molecular flexibility index (Phi) is 5.14. The highest BCUT2D eigenvalue weighted by molar-refractivity contribution is 6.33. The molecule has 1 saturated heterocycles. The average molecular weight is 313 g/mol. The van der Waals surface area contributed by atoms with Crippen LogP contribution in [0.4, 0.5) is 5.69 Å². The Bertz CT molecular complexity index is 548. The quantitative estimate of drug-likeness (QED) is 0.684. The van der Waals surface area contributed by atoms with E-state index in [0.29, 0.717) is 13.0 Å². The lowest BCUT2D eigenvalue weighted by Crippen LogP contribution is -2.44. The van der Waals surface area contributed by atoms with Gasteiger partial charge in [0.1, 0.15) is 0 Å². The number of hydrogen-bond donors (Lipinski definition) is 1. The summed E-state index contributed by atoms with van der Waals surface area (Å²) < 4.78 is 0. The van der Waals surface area contributed by atoms with Gasteiger partial charge < -0.3 is 10.0 Å². The van der Waals surface area contributed by atoms with Gasteiger partial charge in [-0.2, -0.15) is 0 Å². The summed E-state index contributed by atoms with van der Waals surface area (Å²) in [6.07, 6.45) is 3.24. The maximum Gasteiger partial charge on any atom is 0.270 e. The Labute approximate surface area is 127 Å². The first-order chi connectivity index (χ1) is 10.0. The van der Waals surface area contributed by atoms with Crippen LogP contribution in [0.15, 0.2) is 18.2 Å². The normalized spacial score (nSPS) is 18.6. The van der Waals surface area contributed by atoms with E-state index in [-0.39, 0.29) is 34.8 Å². The van der Waals surface area contributed by atoms with Crippen molar-refractivity contribution in [1.29, 1.82) is 0 Å². The van der Waals surface area contributed by atoms with Crippen LogP contribution in [0, 0.1) is 10.1 Å². The molecule has 0 spiro atoms. The summed E-state index contributed by atoms with van der Waals surface area (Å²) >= 11 is 6.02. The van der Waals surface area contributed by atoms with Crippen LogP contribution in [0.1, 0.15) is 36.0 Å². The molecule has 21 heavy (non-hydrogen) atoms. The molecule has 0 aromatic heterocycles. The second kappa shape index (κ2) is 6.87. The van der Waals surface area contributed by atoms with Crippen LogP contribution in [-0.4, -0.2) is 40.0 Å². The van der Waals surface area contributed by atoms with E-state index in [1.165, 1.54) is 18.2 Å². The Hall–Kier alpha value is -1.66. The van der Waals surface area contributed by atoms with E-state index in [0.717, 1.165) is 19.3 Å². The fourth-order valence-corrected chi connectivity index (χ4v) is 2.86. The smallest absolute Gasteiger partial charge is 0.270 e. The van der Waals surface area contributed by atoms with Gasteiger partial charge in [-0.05, 0) is 31.7 Å². The zero-order chi connectivity index (χ0) is 15.4. The van der Waals surface area contributed by atoms with Crippen molar-refractivity contribution < 1.29 is 14.8 Å². The first kappa shape index (κ1) is 15.7. The van der Waals surface area contributed by atoms with Crippen molar-refractivity contribution in [3.63, 3.8) is 0 Å². The van der Waals surface area contributed by atoms with E-state index in [1.54, 1.807) is 4.90 Å². The summed E-state index contributed by atoms with van der Waals surface area (Å²) in [4.78, 5) is 24.6. The molecule has 6 nitrogen and oxygen atoms in total. The highest BCUT2D eigenvalue weighted by atomic mass is 35.5. The number of likely N-dealkylation sites (tertiary alicyclic amines) is 1. The SMILES string of the molecule is O=C(c1cc([N+](=O)[O-])ccc1Cl)N1CCCCC1CCO. The molecule has 1 aliphatic rings. The molecule has 2 rings (SSSR count). The average Bonchev–Trinajstić information content (AvgIpc) is 2.47. The van der Waals surface area contributed by atoms with E-state index in [9.17, 15) is 14.9 Å². The molecule has 7 heteroatoms. The van der Waals surface area contributed by atoms with E-state index < -0.39 is 4.92 Å². The Morgan fingerprint density at radius 3 is 2.90 bits per heavy atom. The van der Waals surface area contributed by atoms with Crippen LogP contribution in [-0.2, 0) is 0 Å². The zero-order valence-corrected chi connectivity index (χ0v) is 12.3. The van der Waals surface area contributed by atoms with Crippen LogP contribution < -0.4 is 0 Å². The molecular weight excluding hydrogens is 296 g/mol. The molecule has 1 heterocycles. The van der Waals surface area contributed by atoms with Gasteiger partial charge in [-0.3, -0.25) is 14.9 Å². The lowest BCUT2D eigenvalue weighted by molar-refractivity contribution is -0.384. The number of aliphatic hydroxyl groups is 1. The molecule has 0 aliphatic carbocycles. The van der Waals surface area contributed by atoms with E-state index >= 15 is 0 Å². The van der Waals surface area contributed by atoms with E-state index in [1.807, 2.05) is 0 Å². The van der Waals surface area contributed by atoms with E-state index in [4.69, 9.17) is 16.7 Å². The van der Waals surface area contributed by atoms with E-state index in [2.05, 4.69) is 0 Å². The van der Waals surface area contributed by atoms with Crippen molar-refractivity contribution in [2.24, 2.45) is 0 Å². The second-order valence-electron chi connectivity index (χ2n) is 5.08. The summed E-state index contributed by atoms with van der Waals surface area (Å²) in [5.41, 5.74) is -0.00539. The van der Waals surface area contributed by atoms with Crippen molar-refractivity contribution in [1.82, 2.24) is 4.90 Å². The lowest BCUT2D eigenvalue weighted by atomic mass is 9.98. The minimum absolute atomic E-state index is 0.0110. The maximum absolute atomic E-state index is 12.6. The van der Waals surface area contributed by atoms with Gasteiger partial charge in [0.05, 0.1) is 15.5 Å². The Balaban J connectivity index is 2.29. The van der Waals surface area contributed by atoms with Gasteiger partial charge in [-0.15, -0.1) is 0 Å². The molecule has 1 aromatic rings. The number of rotatable bonds is 4. The molecule has 0 bridgehead atoms. The molecular formula is C14H17ClN2O4. The highest BCUT2D eigenvalue weighted by Crippen LogP contribution is 2.27. The standard InChI is InChI=1S/C14H17ClN2O4/c15-13-5-4-11(17(20)21)9-12(13)14(19)16-7-2-1-3-10(16)6-8-18/h4-5,9-10,18H,1-3,6-8H2. The number of nitro groups is 1. The van der Waals surface area contributed by atoms with Crippen LogP contribution in [0.2, 0.25) is 5.02 Å². The molecule has 0 radical (unpaired) electrons. The fraction of sp³-hybridized carbons (Fsp3) is 0.500. The summed E-state index contributed by atoms with van der Waals surface area (Å²) in [6.45, 7) is 0.597. The van der Waals surface area contributed by atoms with Gasteiger partial charge in [0.15, 0.2) is 0 Å². The number of nitro benzene ring substituents is 1. The predicted molar refractivity (Wildman–Crippen MR) is 78.5 cm³/mol. The number of benzene rings is 1. The van der Waals surface area contributed by atoms with Gasteiger partial charge in [-0.25, -0.2) is 0 Å². The van der Waals surface area contributed by atoms with Crippen molar-refractivity contribution in [2.45, 2.75) is 31.7 Å². The first-order valence-electron chi connectivity index (χ1n) is 6.90. The predicted octanol–water partition coefficient (Wildman–Crippen LogP) is 2.63. The maximum atomic E-state index is 12.6. The molecule has 0 saturated carbocycles. The number of nitrogens with zero attached hydrogens (tertiary/aromatic N) is 2. The summed E-state index contributed by atoms with van der Waals surface area (Å²) in [5, 5.41) is 20.1. The number of halogens is 1. The first-order valence-corrected chi connectivity index (χ1v) is 7.28. The molecule has 1 unspecified atom stereocenters. The van der Waals surface area contributed by atoms with Crippen LogP contribution in [0.5, 0.6) is 0 Å². The highest BCUT2D eigenvalue weighted by Gasteiger charge is 2.29. The van der Waals surface area contributed by atoms with Gasteiger partial charge in [0, 0.05) is 31.3 Å². The van der Waals surface area contributed by atoms with Crippen molar-refractivity contribution in [3.8, 4) is 0 Å². The Morgan fingerprint density at radius 2 is 2.24 bits per heavy atom. The minimum Gasteiger partial charge on any atom is -0.396 e. The summed E-state index contributed by atoms with van der Waals surface area (Å²) in [5.74, 6) is -0.304. The molecule has 1 fully saturated rings. The second-order valence-corrected chi connectivity index (χ2v) is 5.49. The molecule has 1 aliphatic heterocycles. The van der Waals surface area contributed by atoms with Crippen LogP contribution in [0.3, 0.4) is 0 Å². The molecule has 1 N–H and O–H groups in total. The number of carbonyl (C=O) groups excluding carboxylic acids is 1. The third-order valence-electron chi connectivity index (χ3n) is 3.74. The third kappa shape index (κ3) is 3.51. The van der Waals surface area contributed by atoms with Crippen molar-refractivity contribution >= 4 is 23.2 Å². The Morgan fingerprint density at radius 1 is 1.48 bits per heavy atom. The van der Waals surface area contributed by atoms with Gasteiger partial charge in [0.25, 0.3) is 11.6 Å².